The van der Waals surface area contributed by atoms with Crippen molar-refractivity contribution in [2.24, 2.45) is 0 Å². The molecule has 0 bridgehead atoms. The molecular formula is C27H34N4O3. The maximum absolute atomic E-state index is 13.3. The SMILES string of the molecule is CC(C(O)CN1CCc2ccccc2C1)N1CCc2cc(N3CCN(C=O)CC3)ccc2C1=O. The molecule has 0 saturated carbocycles. The van der Waals surface area contributed by atoms with Crippen molar-refractivity contribution < 1.29 is 14.7 Å². The first-order valence-corrected chi connectivity index (χ1v) is 12.4. The first-order valence-electron chi connectivity index (χ1n) is 12.4. The van der Waals surface area contributed by atoms with Crippen molar-refractivity contribution in [3.63, 3.8) is 0 Å². The molecule has 3 heterocycles. The molecule has 180 valence electrons. The highest BCUT2D eigenvalue weighted by atomic mass is 16.3. The van der Waals surface area contributed by atoms with E-state index in [2.05, 4.69) is 40.1 Å². The van der Waals surface area contributed by atoms with E-state index in [1.807, 2.05) is 24.0 Å². The van der Waals surface area contributed by atoms with Gasteiger partial charge in [0.15, 0.2) is 0 Å². The van der Waals surface area contributed by atoms with E-state index in [1.165, 1.54) is 11.1 Å². The largest absolute Gasteiger partial charge is 0.390 e. The number of benzene rings is 2. The minimum atomic E-state index is -0.593. The van der Waals surface area contributed by atoms with E-state index in [4.69, 9.17) is 0 Å². The molecule has 0 radical (unpaired) electrons. The highest BCUT2D eigenvalue weighted by Crippen LogP contribution is 2.27. The fourth-order valence-electron chi connectivity index (χ4n) is 5.50. The van der Waals surface area contributed by atoms with E-state index < -0.39 is 6.10 Å². The van der Waals surface area contributed by atoms with E-state index in [-0.39, 0.29) is 11.9 Å². The van der Waals surface area contributed by atoms with Crippen LogP contribution in [0, 0.1) is 0 Å². The van der Waals surface area contributed by atoms with Gasteiger partial charge in [0.2, 0.25) is 6.41 Å². The Balaban J connectivity index is 1.21. The van der Waals surface area contributed by atoms with Crippen LogP contribution in [0.4, 0.5) is 5.69 Å². The average Bonchev–Trinajstić information content (AvgIpc) is 2.88. The highest BCUT2D eigenvalue weighted by molar-refractivity contribution is 5.97. The lowest BCUT2D eigenvalue weighted by Gasteiger charge is -2.39. The molecule has 7 heteroatoms. The predicted octanol–water partition coefficient (Wildman–Crippen LogP) is 1.77. The highest BCUT2D eigenvalue weighted by Gasteiger charge is 2.33. The fourth-order valence-corrected chi connectivity index (χ4v) is 5.50. The van der Waals surface area contributed by atoms with Gasteiger partial charge in [-0.15, -0.1) is 0 Å². The van der Waals surface area contributed by atoms with Crippen LogP contribution in [0.2, 0.25) is 0 Å². The average molecular weight is 463 g/mol. The lowest BCUT2D eigenvalue weighted by molar-refractivity contribution is -0.118. The molecule has 34 heavy (non-hydrogen) atoms. The zero-order valence-corrected chi connectivity index (χ0v) is 19.9. The van der Waals surface area contributed by atoms with Gasteiger partial charge in [-0.25, -0.2) is 0 Å². The molecule has 3 aliphatic heterocycles. The maximum atomic E-state index is 13.3. The second-order valence-electron chi connectivity index (χ2n) is 9.78. The smallest absolute Gasteiger partial charge is 0.254 e. The summed E-state index contributed by atoms with van der Waals surface area (Å²) in [5.74, 6) is 0.00844. The number of amides is 2. The van der Waals surface area contributed by atoms with Crippen molar-refractivity contribution in [1.29, 1.82) is 0 Å². The summed E-state index contributed by atoms with van der Waals surface area (Å²) in [4.78, 5) is 32.5. The van der Waals surface area contributed by atoms with Crippen LogP contribution in [0.1, 0.15) is 34.0 Å². The Labute approximate surface area is 201 Å². The molecule has 0 aromatic heterocycles. The van der Waals surface area contributed by atoms with Crippen LogP contribution in [-0.2, 0) is 24.2 Å². The lowest BCUT2D eigenvalue weighted by atomic mass is 9.95. The normalized spacial score (nSPS) is 20.5. The zero-order chi connectivity index (χ0) is 23.7. The van der Waals surface area contributed by atoms with E-state index in [0.29, 0.717) is 13.1 Å². The number of carbonyl (C=O) groups excluding carboxylic acids is 2. The van der Waals surface area contributed by atoms with Crippen molar-refractivity contribution in [2.75, 3.05) is 50.7 Å². The third kappa shape index (κ3) is 4.55. The molecule has 2 aromatic carbocycles. The van der Waals surface area contributed by atoms with E-state index in [1.54, 1.807) is 4.90 Å². The Bertz CT molecular complexity index is 1050. The third-order valence-electron chi connectivity index (χ3n) is 7.73. The van der Waals surface area contributed by atoms with Gasteiger partial charge < -0.3 is 19.8 Å². The second kappa shape index (κ2) is 9.76. The summed E-state index contributed by atoms with van der Waals surface area (Å²) < 4.78 is 0. The van der Waals surface area contributed by atoms with Crippen LogP contribution in [0.25, 0.3) is 0 Å². The van der Waals surface area contributed by atoms with Gasteiger partial charge in [-0.3, -0.25) is 14.5 Å². The number of carbonyl (C=O) groups is 2. The van der Waals surface area contributed by atoms with Crippen LogP contribution >= 0.6 is 0 Å². The maximum Gasteiger partial charge on any atom is 0.254 e. The first kappa shape index (κ1) is 22.9. The fraction of sp³-hybridized carbons (Fsp3) is 0.481. The van der Waals surface area contributed by atoms with Crippen LogP contribution < -0.4 is 4.90 Å². The molecule has 3 aliphatic rings. The number of hydrogen-bond acceptors (Lipinski definition) is 5. The molecule has 1 fully saturated rings. The predicted molar refractivity (Wildman–Crippen MR) is 132 cm³/mol. The molecule has 2 atom stereocenters. The van der Waals surface area contributed by atoms with E-state index in [0.717, 1.165) is 75.3 Å². The van der Waals surface area contributed by atoms with Gasteiger partial charge >= 0.3 is 0 Å². The van der Waals surface area contributed by atoms with Gasteiger partial charge in [-0.05, 0) is 54.7 Å². The Morgan fingerprint density at radius 1 is 0.941 bits per heavy atom. The first-order chi connectivity index (χ1) is 16.5. The minimum absolute atomic E-state index is 0.00844. The lowest BCUT2D eigenvalue weighted by Crippen LogP contribution is -2.52. The van der Waals surface area contributed by atoms with E-state index >= 15 is 0 Å². The molecule has 0 aliphatic carbocycles. The molecule has 0 spiro atoms. The van der Waals surface area contributed by atoms with Gasteiger partial charge in [0, 0.05) is 63.6 Å². The summed E-state index contributed by atoms with van der Waals surface area (Å²) in [5, 5.41) is 11.0. The van der Waals surface area contributed by atoms with Gasteiger partial charge in [0.1, 0.15) is 0 Å². The van der Waals surface area contributed by atoms with Crippen LogP contribution in [0.5, 0.6) is 0 Å². The number of anilines is 1. The molecule has 2 amide bonds. The molecule has 2 unspecified atom stereocenters. The van der Waals surface area contributed by atoms with Gasteiger partial charge in [0.25, 0.3) is 5.91 Å². The third-order valence-corrected chi connectivity index (χ3v) is 7.73. The number of aliphatic hydroxyl groups is 1. The van der Waals surface area contributed by atoms with Crippen LogP contribution in [-0.4, -0.2) is 90.1 Å². The summed E-state index contributed by atoms with van der Waals surface area (Å²) in [6.45, 7) is 8.00. The quantitative estimate of drug-likeness (QED) is 0.663. The van der Waals surface area contributed by atoms with Crippen molar-refractivity contribution >= 4 is 18.0 Å². The Morgan fingerprint density at radius 2 is 1.68 bits per heavy atom. The number of β-amino-alcohol motifs (C(OH)–C–C–N with tert-alkyl or cyclic N) is 1. The van der Waals surface area contributed by atoms with Crippen molar-refractivity contribution in [3.8, 4) is 0 Å². The zero-order valence-electron chi connectivity index (χ0n) is 19.9. The summed E-state index contributed by atoms with van der Waals surface area (Å²) in [6.07, 6.45) is 2.11. The topological polar surface area (TPSA) is 67.3 Å². The summed E-state index contributed by atoms with van der Waals surface area (Å²) in [5.41, 5.74) is 5.66. The number of aliphatic hydroxyl groups excluding tert-OH is 1. The number of nitrogens with zero attached hydrogens (tertiary/aromatic N) is 4. The number of fused-ring (bicyclic) bond motifs is 2. The summed E-state index contributed by atoms with van der Waals surface area (Å²) in [7, 11) is 0. The van der Waals surface area contributed by atoms with Gasteiger partial charge in [-0.2, -0.15) is 0 Å². The number of hydrogen-bond donors (Lipinski definition) is 1. The number of piperazine rings is 1. The molecule has 1 N–H and O–H groups in total. The van der Waals surface area contributed by atoms with E-state index in [9.17, 15) is 14.7 Å². The molecule has 5 rings (SSSR count). The number of rotatable bonds is 6. The van der Waals surface area contributed by atoms with Crippen LogP contribution in [0.15, 0.2) is 42.5 Å². The minimum Gasteiger partial charge on any atom is -0.390 e. The second-order valence-corrected chi connectivity index (χ2v) is 9.78. The van der Waals surface area contributed by atoms with Crippen molar-refractivity contribution in [3.05, 3.63) is 64.7 Å². The summed E-state index contributed by atoms with van der Waals surface area (Å²) >= 11 is 0. The van der Waals surface area contributed by atoms with Crippen LogP contribution in [0.3, 0.4) is 0 Å². The van der Waals surface area contributed by atoms with Gasteiger partial charge in [0.05, 0.1) is 12.1 Å². The Hall–Kier alpha value is -2.90. The molecule has 1 saturated heterocycles. The van der Waals surface area contributed by atoms with Gasteiger partial charge in [-0.1, -0.05) is 24.3 Å². The monoisotopic (exact) mass is 462 g/mol. The molecule has 2 aromatic rings. The standard InChI is InChI=1S/C27H34N4O3/c1-20(26(33)18-29-10-8-21-4-2-3-5-23(21)17-29)31-11-9-22-16-24(6-7-25(22)27(31)34)30-14-12-28(19-32)13-15-30/h2-7,16,19-20,26,33H,8-15,17-18H2,1H3. The van der Waals surface area contributed by atoms with Crippen molar-refractivity contribution in [2.45, 2.75) is 38.5 Å². The van der Waals surface area contributed by atoms with Crippen molar-refractivity contribution in [1.82, 2.24) is 14.7 Å². The molecule has 7 nitrogen and oxygen atoms in total. The molecular weight excluding hydrogens is 428 g/mol. The Kier molecular flexibility index (Phi) is 6.57. The Morgan fingerprint density at radius 3 is 2.44 bits per heavy atom. The summed E-state index contributed by atoms with van der Waals surface area (Å²) in [6, 6.07) is 14.4.